The summed E-state index contributed by atoms with van der Waals surface area (Å²) < 4.78 is 6.33. The highest BCUT2D eigenvalue weighted by Gasteiger charge is 2.25. The van der Waals surface area contributed by atoms with Crippen molar-refractivity contribution in [3.63, 3.8) is 0 Å². The van der Waals surface area contributed by atoms with E-state index in [-0.39, 0.29) is 0 Å². The van der Waals surface area contributed by atoms with Crippen LogP contribution in [0.4, 0.5) is 0 Å². The van der Waals surface area contributed by atoms with Gasteiger partial charge in [0, 0.05) is 12.7 Å². The third kappa shape index (κ3) is 7.31. The molecule has 3 rings (SSSR count). The number of nitrogens with zero attached hydrogens (tertiary/aromatic N) is 1. The van der Waals surface area contributed by atoms with Gasteiger partial charge in [-0.05, 0) is 93.1 Å². The predicted molar refractivity (Wildman–Crippen MR) is 121 cm³/mol. The van der Waals surface area contributed by atoms with Crippen molar-refractivity contribution < 1.29 is 4.74 Å². The normalized spacial score (nSPS) is 27.7. The van der Waals surface area contributed by atoms with E-state index >= 15 is 0 Å². The first-order valence-corrected chi connectivity index (χ1v) is 12.0. The quantitative estimate of drug-likeness (QED) is 0.324. The van der Waals surface area contributed by atoms with Gasteiger partial charge in [-0.1, -0.05) is 50.1 Å². The summed E-state index contributed by atoms with van der Waals surface area (Å²) in [5.74, 6) is 2.06. The van der Waals surface area contributed by atoms with Crippen molar-refractivity contribution in [3.05, 3.63) is 47.5 Å². The minimum Gasteiger partial charge on any atom is -0.378 e. The fraction of sp³-hybridized carbons (Fsp3) is 0.667. The average Bonchev–Trinajstić information content (AvgIpc) is 2.78. The molecule has 0 saturated heterocycles. The van der Waals surface area contributed by atoms with Gasteiger partial charge in [0.15, 0.2) is 0 Å². The minimum absolute atomic E-state index is 0.468. The molecular weight excluding hydrogens is 354 g/mol. The van der Waals surface area contributed by atoms with Gasteiger partial charge in [0.1, 0.15) is 0 Å². The Labute approximate surface area is 178 Å². The number of benzene rings is 1. The van der Waals surface area contributed by atoms with Gasteiger partial charge in [0.2, 0.25) is 0 Å². The third-order valence-corrected chi connectivity index (χ3v) is 7.10. The molecule has 2 aliphatic carbocycles. The number of rotatable bonds is 9. The van der Waals surface area contributed by atoms with E-state index in [2.05, 4.69) is 43.3 Å². The number of aryl methyl sites for hydroxylation is 1. The second-order valence-corrected chi connectivity index (χ2v) is 9.27. The number of hydrogen-bond acceptors (Lipinski definition) is 2. The van der Waals surface area contributed by atoms with Gasteiger partial charge in [-0.15, -0.1) is 0 Å². The van der Waals surface area contributed by atoms with Crippen molar-refractivity contribution in [3.8, 4) is 6.07 Å². The van der Waals surface area contributed by atoms with E-state index in [0.29, 0.717) is 12.0 Å². The molecule has 0 amide bonds. The van der Waals surface area contributed by atoms with Crippen LogP contribution in [0.1, 0.15) is 94.6 Å². The highest BCUT2D eigenvalue weighted by molar-refractivity contribution is 5.26. The van der Waals surface area contributed by atoms with Crippen LogP contribution in [-0.2, 0) is 11.2 Å². The maximum Gasteiger partial charge on any atom is 0.0908 e. The minimum atomic E-state index is 0.468. The van der Waals surface area contributed by atoms with E-state index in [4.69, 9.17) is 10.00 Å². The van der Waals surface area contributed by atoms with Crippen LogP contribution in [0, 0.1) is 23.2 Å². The Morgan fingerprint density at radius 1 is 0.966 bits per heavy atom. The molecule has 1 aromatic carbocycles. The van der Waals surface area contributed by atoms with E-state index < -0.39 is 0 Å². The fourth-order valence-electron chi connectivity index (χ4n) is 5.10. The molecule has 0 N–H and O–H groups in total. The summed E-state index contributed by atoms with van der Waals surface area (Å²) in [6.45, 7) is 3.21. The molecule has 0 spiro atoms. The molecule has 158 valence electrons. The molecular formula is C27H39NO. The molecule has 0 aromatic heterocycles. The molecule has 0 heterocycles. The molecule has 2 fully saturated rings. The van der Waals surface area contributed by atoms with Crippen LogP contribution in [0.2, 0.25) is 0 Å². The predicted octanol–water partition coefficient (Wildman–Crippen LogP) is 7.35. The Kier molecular flexibility index (Phi) is 9.29. The number of hydrogen-bond donors (Lipinski definition) is 0. The second kappa shape index (κ2) is 12.2. The van der Waals surface area contributed by atoms with Crippen molar-refractivity contribution in [2.24, 2.45) is 11.8 Å². The molecule has 2 heteroatoms. The molecule has 0 unspecified atom stereocenters. The van der Waals surface area contributed by atoms with Gasteiger partial charge in [0.05, 0.1) is 12.2 Å². The van der Waals surface area contributed by atoms with E-state index in [0.717, 1.165) is 18.4 Å². The Morgan fingerprint density at radius 3 is 2.34 bits per heavy atom. The van der Waals surface area contributed by atoms with Gasteiger partial charge in [-0.3, -0.25) is 0 Å². The van der Waals surface area contributed by atoms with Crippen molar-refractivity contribution in [1.29, 1.82) is 5.26 Å². The number of allylic oxidation sites excluding steroid dienone is 2. The highest BCUT2D eigenvalue weighted by Crippen LogP contribution is 2.35. The molecule has 0 radical (unpaired) electrons. The first kappa shape index (κ1) is 22.1. The molecule has 2 saturated carbocycles. The molecule has 0 atom stereocenters. The summed E-state index contributed by atoms with van der Waals surface area (Å²) >= 11 is 0. The van der Waals surface area contributed by atoms with E-state index in [9.17, 15) is 0 Å². The number of unbranched alkanes of at least 4 members (excludes halogenated alkanes) is 2. The highest BCUT2D eigenvalue weighted by atomic mass is 16.5. The number of nitriles is 1. The van der Waals surface area contributed by atoms with Gasteiger partial charge in [-0.25, -0.2) is 0 Å². The van der Waals surface area contributed by atoms with Crippen LogP contribution >= 0.6 is 0 Å². The lowest BCUT2D eigenvalue weighted by molar-refractivity contribution is -0.00337. The summed E-state index contributed by atoms with van der Waals surface area (Å²) in [4.78, 5) is 0. The summed E-state index contributed by atoms with van der Waals surface area (Å²) in [5, 5.41) is 8.66. The molecule has 0 aliphatic heterocycles. The fourth-order valence-corrected chi connectivity index (χ4v) is 5.10. The van der Waals surface area contributed by atoms with Crippen LogP contribution in [-0.4, -0.2) is 12.7 Å². The van der Waals surface area contributed by atoms with Crippen LogP contribution in [0.15, 0.2) is 36.4 Å². The van der Waals surface area contributed by atoms with E-state index in [1.54, 1.807) is 6.08 Å². The summed E-state index contributed by atoms with van der Waals surface area (Å²) in [6, 6.07) is 11.6. The zero-order chi connectivity index (χ0) is 20.3. The van der Waals surface area contributed by atoms with Crippen molar-refractivity contribution in [2.45, 2.75) is 96.0 Å². The summed E-state index contributed by atoms with van der Waals surface area (Å²) in [6.07, 6.45) is 19.3. The number of ether oxygens (including phenoxy) is 1. The van der Waals surface area contributed by atoms with Crippen LogP contribution in [0.5, 0.6) is 0 Å². The van der Waals surface area contributed by atoms with Gasteiger partial charge >= 0.3 is 0 Å². The first-order valence-electron chi connectivity index (χ1n) is 12.0. The standard InChI is InChI=1S/C27H39NO/c1-2-3-4-6-22-12-14-25(15-13-22)26-16-18-27(19-17-26)29-21-24-10-8-23(9-11-24)7-5-20-28/h5,7,12-15,23-24,26-27H,2-4,6,8-11,16-19,21H2,1H3/t23-,24-,26-,27-. The Morgan fingerprint density at radius 2 is 1.69 bits per heavy atom. The smallest absolute Gasteiger partial charge is 0.0908 e. The van der Waals surface area contributed by atoms with Crippen molar-refractivity contribution in [2.75, 3.05) is 6.61 Å². The Bertz CT molecular complexity index is 640. The summed E-state index contributed by atoms with van der Waals surface area (Å²) in [5.41, 5.74) is 3.03. The van der Waals surface area contributed by atoms with Gasteiger partial charge in [0.25, 0.3) is 0 Å². The lowest BCUT2D eigenvalue weighted by Gasteiger charge is -2.32. The van der Waals surface area contributed by atoms with Crippen molar-refractivity contribution in [1.82, 2.24) is 0 Å². The van der Waals surface area contributed by atoms with E-state index in [1.807, 2.05) is 0 Å². The monoisotopic (exact) mass is 393 g/mol. The average molecular weight is 394 g/mol. The van der Waals surface area contributed by atoms with E-state index in [1.165, 1.54) is 88.2 Å². The topological polar surface area (TPSA) is 33.0 Å². The van der Waals surface area contributed by atoms with Crippen LogP contribution in [0.3, 0.4) is 0 Å². The van der Waals surface area contributed by atoms with Crippen LogP contribution < -0.4 is 0 Å². The zero-order valence-electron chi connectivity index (χ0n) is 18.3. The molecule has 1 aromatic rings. The molecule has 2 nitrogen and oxygen atoms in total. The third-order valence-electron chi connectivity index (χ3n) is 7.10. The molecule has 29 heavy (non-hydrogen) atoms. The van der Waals surface area contributed by atoms with Gasteiger partial charge < -0.3 is 4.74 Å². The SMILES string of the molecule is CCCCCc1ccc([C@H]2CC[C@H](OC[C@H]3CC[C@H](C=CC#N)CC3)CC2)cc1. The summed E-state index contributed by atoms with van der Waals surface area (Å²) in [7, 11) is 0. The lowest BCUT2D eigenvalue weighted by Crippen LogP contribution is -2.25. The maximum atomic E-state index is 8.66. The Hall–Kier alpha value is -1.59. The maximum absolute atomic E-state index is 8.66. The first-order chi connectivity index (χ1) is 14.3. The largest absolute Gasteiger partial charge is 0.378 e. The molecule has 0 bridgehead atoms. The zero-order valence-corrected chi connectivity index (χ0v) is 18.3. The van der Waals surface area contributed by atoms with Crippen molar-refractivity contribution >= 4 is 0 Å². The van der Waals surface area contributed by atoms with Crippen LogP contribution in [0.25, 0.3) is 0 Å². The van der Waals surface area contributed by atoms with Gasteiger partial charge in [-0.2, -0.15) is 5.26 Å². The molecule has 2 aliphatic rings. The Balaban J connectivity index is 1.33. The lowest BCUT2D eigenvalue weighted by atomic mass is 9.81. The second-order valence-electron chi connectivity index (χ2n) is 9.27.